The quantitative estimate of drug-likeness (QED) is 0.770. The summed E-state index contributed by atoms with van der Waals surface area (Å²) in [5, 5.41) is 2.95. The van der Waals surface area contributed by atoms with Crippen molar-refractivity contribution >= 4 is 11.7 Å². The van der Waals surface area contributed by atoms with Gasteiger partial charge in [0.05, 0.1) is 6.61 Å². The Kier molecular flexibility index (Phi) is 6.67. The summed E-state index contributed by atoms with van der Waals surface area (Å²) in [7, 11) is 0. The maximum absolute atomic E-state index is 12.3. The van der Waals surface area contributed by atoms with Gasteiger partial charge in [-0.1, -0.05) is 36.4 Å². The molecule has 0 aromatic heterocycles. The van der Waals surface area contributed by atoms with Crippen LogP contribution in [-0.2, 0) is 0 Å². The Morgan fingerprint density at radius 2 is 1.71 bits per heavy atom. The molecular formula is C20H26N2O2. The standard InChI is InChI=1S/C20H26N2O2/c1-4-22(18-12-6-5-7-13-18)20(23)21-14-9-15-24-19-16(2)10-8-11-17(19)3/h5-8,10-13H,4,9,14-15H2,1-3H3,(H,21,23). The van der Waals surface area contributed by atoms with E-state index in [1.165, 1.54) is 0 Å². The number of ether oxygens (including phenoxy) is 1. The van der Waals surface area contributed by atoms with E-state index in [0.29, 0.717) is 19.7 Å². The lowest BCUT2D eigenvalue weighted by molar-refractivity contribution is 0.244. The summed E-state index contributed by atoms with van der Waals surface area (Å²) >= 11 is 0. The molecule has 2 amide bonds. The molecule has 2 aromatic carbocycles. The van der Waals surface area contributed by atoms with Crippen molar-refractivity contribution in [1.29, 1.82) is 0 Å². The SMILES string of the molecule is CCN(C(=O)NCCCOc1c(C)cccc1C)c1ccccc1. The van der Waals surface area contributed by atoms with Crippen LogP contribution in [0.5, 0.6) is 5.75 Å². The molecule has 0 radical (unpaired) electrons. The minimum absolute atomic E-state index is 0.0734. The largest absolute Gasteiger partial charge is 0.493 e. The van der Waals surface area contributed by atoms with E-state index in [9.17, 15) is 4.79 Å². The zero-order valence-corrected chi connectivity index (χ0v) is 14.7. The number of aryl methyl sites for hydroxylation is 2. The van der Waals surface area contributed by atoms with Crippen molar-refractivity contribution in [2.24, 2.45) is 0 Å². The normalized spacial score (nSPS) is 10.3. The maximum Gasteiger partial charge on any atom is 0.321 e. The number of hydrogen-bond donors (Lipinski definition) is 1. The van der Waals surface area contributed by atoms with Gasteiger partial charge in [-0.05, 0) is 50.5 Å². The molecule has 2 aromatic rings. The summed E-state index contributed by atoms with van der Waals surface area (Å²) in [6.07, 6.45) is 0.770. The Hall–Kier alpha value is -2.49. The molecule has 0 spiro atoms. The van der Waals surface area contributed by atoms with E-state index in [0.717, 1.165) is 29.0 Å². The van der Waals surface area contributed by atoms with Crippen LogP contribution in [0, 0.1) is 13.8 Å². The van der Waals surface area contributed by atoms with Gasteiger partial charge in [-0.3, -0.25) is 4.90 Å². The fourth-order valence-corrected chi connectivity index (χ4v) is 2.62. The second kappa shape index (κ2) is 8.96. The van der Waals surface area contributed by atoms with Gasteiger partial charge in [-0.15, -0.1) is 0 Å². The van der Waals surface area contributed by atoms with E-state index in [-0.39, 0.29) is 6.03 Å². The third kappa shape index (κ3) is 4.75. The Morgan fingerprint density at radius 3 is 2.33 bits per heavy atom. The van der Waals surface area contributed by atoms with E-state index in [1.807, 2.05) is 69.3 Å². The van der Waals surface area contributed by atoms with E-state index >= 15 is 0 Å². The lowest BCUT2D eigenvalue weighted by atomic mass is 10.1. The van der Waals surface area contributed by atoms with Gasteiger partial charge in [0.1, 0.15) is 5.75 Å². The lowest BCUT2D eigenvalue weighted by Gasteiger charge is -2.21. The number of anilines is 1. The third-order valence-corrected chi connectivity index (χ3v) is 3.88. The van der Waals surface area contributed by atoms with Crippen molar-refractivity contribution in [3.63, 3.8) is 0 Å². The van der Waals surface area contributed by atoms with Crippen molar-refractivity contribution in [1.82, 2.24) is 5.32 Å². The molecule has 2 rings (SSSR count). The highest BCUT2D eigenvalue weighted by Crippen LogP contribution is 2.22. The molecule has 4 heteroatoms. The van der Waals surface area contributed by atoms with Crippen LogP contribution in [-0.4, -0.2) is 25.7 Å². The van der Waals surface area contributed by atoms with Crippen molar-refractivity contribution in [2.75, 3.05) is 24.6 Å². The van der Waals surface area contributed by atoms with Gasteiger partial charge >= 0.3 is 6.03 Å². The number of nitrogens with one attached hydrogen (secondary N) is 1. The molecule has 24 heavy (non-hydrogen) atoms. The monoisotopic (exact) mass is 326 g/mol. The van der Waals surface area contributed by atoms with E-state index in [2.05, 4.69) is 5.32 Å². The first kappa shape index (κ1) is 17.9. The third-order valence-electron chi connectivity index (χ3n) is 3.88. The van der Waals surface area contributed by atoms with Crippen LogP contribution in [0.15, 0.2) is 48.5 Å². The molecule has 0 bridgehead atoms. The van der Waals surface area contributed by atoms with E-state index in [1.54, 1.807) is 4.90 Å². The number of para-hydroxylation sites is 2. The van der Waals surface area contributed by atoms with Gasteiger partial charge < -0.3 is 10.1 Å². The van der Waals surface area contributed by atoms with Gasteiger partial charge in [-0.2, -0.15) is 0 Å². The average Bonchev–Trinajstić information content (AvgIpc) is 2.58. The first-order valence-corrected chi connectivity index (χ1v) is 8.43. The number of amides is 2. The van der Waals surface area contributed by atoms with Crippen LogP contribution >= 0.6 is 0 Å². The fraction of sp³-hybridized carbons (Fsp3) is 0.350. The Morgan fingerprint density at radius 1 is 1.04 bits per heavy atom. The summed E-state index contributed by atoms with van der Waals surface area (Å²) < 4.78 is 5.86. The molecule has 1 N–H and O–H groups in total. The highest BCUT2D eigenvalue weighted by Gasteiger charge is 2.12. The molecule has 0 aliphatic heterocycles. The predicted octanol–water partition coefficient (Wildman–Crippen LogP) is 4.31. The molecule has 0 unspecified atom stereocenters. The molecule has 4 nitrogen and oxygen atoms in total. The second-order valence-electron chi connectivity index (χ2n) is 5.73. The summed E-state index contributed by atoms with van der Waals surface area (Å²) in [5.74, 6) is 0.947. The van der Waals surface area contributed by atoms with Gasteiger partial charge in [0.15, 0.2) is 0 Å². The molecule has 128 valence electrons. The zero-order valence-electron chi connectivity index (χ0n) is 14.7. The van der Waals surface area contributed by atoms with Gasteiger partial charge in [0.2, 0.25) is 0 Å². The molecular weight excluding hydrogens is 300 g/mol. The smallest absolute Gasteiger partial charge is 0.321 e. The van der Waals surface area contributed by atoms with Crippen LogP contribution in [0.1, 0.15) is 24.5 Å². The summed E-state index contributed by atoms with van der Waals surface area (Å²) in [5.41, 5.74) is 3.19. The van der Waals surface area contributed by atoms with Crippen LogP contribution < -0.4 is 15.0 Å². The minimum atomic E-state index is -0.0734. The molecule has 0 atom stereocenters. The van der Waals surface area contributed by atoms with Crippen molar-refractivity contribution in [3.05, 3.63) is 59.7 Å². The Bertz CT molecular complexity index is 636. The molecule has 0 fully saturated rings. The highest BCUT2D eigenvalue weighted by molar-refractivity contribution is 5.91. The van der Waals surface area contributed by atoms with Crippen molar-refractivity contribution in [3.8, 4) is 5.75 Å². The zero-order chi connectivity index (χ0) is 17.4. The molecule has 0 aliphatic rings. The first-order valence-electron chi connectivity index (χ1n) is 8.43. The summed E-state index contributed by atoms with van der Waals surface area (Å²) in [6, 6.07) is 15.7. The summed E-state index contributed by atoms with van der Waals surface area (Å²) in [4.78, 5) is 14.0. The van der Waals surface area contributed by atoms with E-state index < -0.39 is 0 Å². The van der Waals surface area contributed by atoms with Crippen LogP contribution in [0.4, 0.5) is 10.5 Å². The topological polar surface area (TPSA) is 41.6 Å². The summed E-state index contributed by atoms with van der Waals surface area (Å²) in [6.45, 7) is 7.87. The number of hydrogen-bond acceptors (Lipinski definition) is 2. The van der Waals surface area contributed by atoms with Crippen LogP contribution in [0.2, 0.25) is 0 Å². The number of carbonyl (C=O) groups is 1. The first-order chi connectivity index (χ1) is 11.6. The second-order valence-corrected chi connectivity index (χ2v) is 5.73. The number of carbonyl (C=O) groups excluding carboxylic acids is 1. The van der Waals surface area contributed by atoms with E-state index in [4.69, 9.17) is 4.74 Å². The molecule has 0 heterocycles. The molecule has 0 aliphatic carbocycles. The number of nitrogens with zero attached hydrogens (tertiary/aromatic N) is 1. The van der Waals surface area contributed by atoms with Crippen molar-refractivity contribution < 1.29 is 9.53 Å². The lowest BCUT2D eigenvalue weighted by Crippen LogP contribution is -2.40. The van der Waals surface area contributed by atoms with Gasteiger partial charge in [-0.25, -0.2) is 4.79 Å². The molecule has 0 saturated carbocycles. The molecule has 0 saturated heterocycles. The minimum Gasteiger partial charge on any atom is -0.493 e. The Labute approximate surface area is 144 Å². The van der Waals surface area contributed by atoms with Gasteiger partial charge in [0.25, 0.3) is 0 Å². The van der Waals surface area contributed by atoms with Gasteiger partial charge in [0, 0.05) is 18.8 Å². The fourth-order valence-electron chi connectivity index (χ4n) is 2.62. The maximum atomic E-state index is 12.3. The number of rotatable bonds is 7. The number of benzene rings is 2. The number of urea groups is 1. The highest BCUT2D eigenvalue weighted by atomic mass is 16.5. The van der Waals surface area contributed by atoms with Crippen LogP contribution in [0.3, 0.4) is 0 Å². The average molecular weight is 326 g/mol. The van der Waals surface area contributed by atoms with Crippen molar-refractivity contribution in [2.45, 2.75) is 27.2 Å². The van der Waals surface area contributed by atoms with Crippen LogP contribution in [0.25, 0.3) is 0 Å². The predicted molar refractivity (Wildman–Crippen MR) is 98.9 cm³/mol. The Balaban J connectivity index is 1.76.